The molecule has 0 unspecified atom stereocenters. The van der Waals surface area contributed by atoms with E-state index in [9.17, 15) is 9.59 Å². The molecule has 1 aromatic heterocycles. The van der Waals surface area contributed by atoms with E-state index in [2.05, 4.69) is 31.0 Å². The first-order valence-corrected chi connectivity index (χ1v) is 7.34. The van der Waals surface area contributed by atoms with Crippen LogP contribution in [0.5, 0.6) is 0 Å². The number of carbonyl (C=O) groups is 2. The van der Waals surface area contributed by atoms with Crippen LogP contribution in [0.1, 0.15) is 16.1 Å². The van der Waals surface area contributed by atoms with Crippen LogP contribution in [-0.2, 0) is 16.0 Å². The van der Waals surface area contributed by atoms with E-state index in [4.69, 9.17) is 0 Å². The van der Waals surface area contributed by atoms with E-state index in [1.54, 1.807) is 23.6 Å². The van der Waals surface area contributed by atoms with Crippen molar-refractivity contribution in [2.75, 3.05) is 12.4 Å². The molecule has 0 spiro atoms. The van der Waals surface area contributed by atoms with E-state index in [1.165, 1.54) is 18.4 Å². The van der Waals surface area contributed by atoms with Gasteiger partial charge in [0.15, 0.2) is 5.13 Å². The van der Waals surface area contributed by atoms with Crippen LogP contribution < -0.4 is 5.32 Å². The predicted octanol–water partition coefficient (Wildman–Crippen LogP) is 2.87. The van der Waals surface area contributed by atoms with Gasteiger partial charge in [0, 0.05) is 15.4 Å². The molecule has 104 valence electrons. The molecule has 0 fully saturated rings. The van der Waals surface area contributed by atoms with E-state index >= 15 is 0 Å². The summed E-state index contributed by atoms with van der Waals surface area (Å²) in [7, 11) is 1.32. The average Bonchev–Trinajstić information content (AvgIpc) is 2.85. The van der Waals surface area contributed by atoms with E-state index in [1.807, 2.05) is 6.07 Å². The van der Waals surface area contributed by atoms with Gasteiger partial charge in [-0.05, 0) is 18.2 Å². The third kappa shape index (κ3) is 3.88. The maximum Gasteiger partial charge on any atom is 0.311 e. The van der Waals surface area contributed by atoms with E-state index in [-0.39, 0.29) is 18.3 Å². The lowest BCUT2D eigenvalue weighted by Gasteiger charge is -2.01. The second kappa shape index (κ2) is 6.62. The number of hydrogen-bond donors (Lipinski definition) is 1. The van der Waals surface area contributed by atoms with Crippen molar-refractivity contribution in [2.45, 2.75) is 6.42 Å². The number of anilines is 1. The minimum Gasteiger partial charge on any atom is -0.469 e. The first-order chi connectivity index (χ1) is 9.58. The van der Waals surface area contributed by atoms with Crippen molar-refractivity contribution in [3.05, 3.63) is 45.4 Å². The summed E-state index contributed by atoms with van der Waals surface area (Å²) in [5, 5.41) is 4.86. The largest absolute Gasteiger partial charge is 0.469 e. The molecular formula is C13H11BrN2O3S. The molecule has 0 saturated heterocycles. The first-order valence-electron chi connectivity index (χ1n) is 5.66. The molecule has 7 heteroatoms. The second-order valence-corrected chi connectivity index (χ2v) is 5.64. The Morgan fingerprint density at radius 2 is 2.25 bits per heavy atom. The molecule has 2 aromatic rings. The number of nitrogens with zero attached hydrogens (tertiary/aromatic N) is 1. The second-order valence-electron chi connectivity index (χ2n) is 3.86. The summed E-state index contributed by atoms with van der Waals surface area (Å²) in [4.78, 5) is 27.3. The molecule has 0 aliphatic carbocycles. The smallest absolute Gasteiger partial charge is 0.311 e. The van der Waals surface area contributed by atoms with Crippen molar-refractivity contribution < 1.29 is 14.3 Å². The van der Waals surface area contributed by atoms with Gasteiger partial charge in [0.2, 0.25) is 0 Å². The number of esters is 1. The fourth-order valence-electron chi connectivity index (χ4n) is 1.46. The van der Waals surface area contributed by atoms with Crippen LogP contribution in [0.3, 0.4) is 0 Å². The Bertz CT molecular complexity index is 642. The number of methoxy groups -OCH3 is 1. The monoisotopic (exact) mass is 354 g/mol. The molecule has 20 heavy (non-hydrogen) atoms. The highest BCUT2D eigenvalue weighted by atomic mass is 79.9. The standard InChI is InChI=1S/C13H11BrN2O3S/c1-19-11(17)6-10-7-20-13(15-10)16-12(18)8-3-2-4-9(14)5-8/h2-5,7H,6H2,1H3,(H,15,16,18). The van der Waals surface area contributed by atoms with E-state index in [0.29, 0.717) is 16.4 Å². The minimum atomic E-state index is -0.361. The van der Waals surface area contributed by atoms with Gasteiger partial charge < -0.3 is 4.74 Å². The summed E-state index contributed by atoms with van der Waals surface area (Å²) < 4.78 is 5.39. The van der Waals surface area contributed by atoms with Crippen LogP contribution in [0, 0.1) is 0 Å². The Kier molecular flexibility index (Phi) is 4.86. The third-order valence-electron chi connectivity index (χ3n) is 2.41. The van der Waals surface area contributed by atoms with Crippen LogP contribution in [0.4, 0.5) is 5.13 Å². The summed E-state index contributed by atoms with van der Waals surface area (Å²) in [6.45, 7) is 0. The lowest BCUT2D eigenvalue weighted by molar-refractivity contribution is -0.139. The molecule has 0 bridgehead atoms. The van der Waals surface area contributed by atoms with E-state index in [0.717, 1.165) is 4.47 Å². The number of hydrogen-bond acceptors (Lipinski definition) is 5. The van der Waals surface area contributed by atoms with Gasteiger partial charge in [0.05, 0.1) is 19.2 Å². The molecule has 0 saturated carbocycles. The number of rotatable bonds is 4. The quantitative estimate of drug-likeness (QED) is 0.857. The number of thiazole rings is 1. The van der Waals surface area contributed by atoms with Crippen molar-refractivity contribution >= 4 is 44.3 Å². The maximum absolute atomic E-state index is 12.0. The molecule has 0 radical (unpaired) electrons. The Morgan fingerprint density at radius 1 is 1.45 bits per heavy atom. The van der Waals surface area contributed by atoms with Gasteiger partial charge in [-0.1, -0.05) is 22.0 Å². The lowest BCUT2D eigenvalue weighted by atomic mass is 10.2. The maximum atomic E-state index is 12.0. The van der Waals surface area contributed by atoms with Crippen LogP contribution in [0.2, 0.25) is 0 Å². The third-order valence-corrected chi connectivity index (χ3v) is 3.71. The minimum absolute atomic E-state index is 0.0970. The van der Waals surface area contributed by atoms with Crippen molar-refractivity contribution in [3.63, 3.8) is 0 Å². The Hall–Kier alpha value is -1.73. The molecule has 5 nitrogen and oxygen atoms in total. The molecule has 0 atom stereocenters. The fraction of sp³-hybridized carbons (Fsp3) is 0.154. The molecule has 1 N–H and O–H groups in total. The van der Waals surface area contributed by atoms with Crippen molar-refractivity contribution in [1.29, 1.82) is 0 Å². The van der Waals surface area contributed by atoms with Crippen molar-refractivity contribution in [3.8, 4) is 0 Å². The highest BCUT2D eigenvalue weighted by molar-refractivity contribution is 9.10. The highest BCUT2D eigenvalue weighted by Gasteiger charge is 2.11. The summed E-state index contributed by atoms with van der Waals surface area (Å²) in [6.07, 6.45) is 0.0970. The van der Waals surface area contributed by atoms with Crippen LogP contribution in [-0.4, -0.2) is 24.0 Å². The van der Waals surface area contributed by atoms with Crippen LogP contribution >= 0.6 is 27.3 Å². The van der Waals surface area contributed by atoms with Crippen LogP contribution in [0.25, 0.3) is 0 Å². The number of nitrogens with one attached hydrogen (secondary N) is 1. The summed E-state index contributed by atoms with van der Waals surface area (Å²) in [6, 6.07) is 7.06. The molecule has 1 aromatic carbocycles. The zero-order chi connectivity index (χ0) is 14.5. The Morgan fingerprint density at radius 3 is 2.95 bits per heavy atom. The number of aromatic nitrogens is 1. The number of benzene rings is 1. The van der Waals surface area contributed by atoms with Crippen molar-refractivity contribution in [1.82, 2.24) is 4.98 Å². The van der Waals surface area contributed by atoms with Crippen LogP contribution in [0.15, 0.2) is 34.1 Å². The summed E-state index contributed by atoms with van der Waals surface area (Å²) in [5.41, 5.74) is 1.11. The average molecular weight is 355 g/mol. The van der Waals surface area contributed by atoms with Gasteiger partial charge in [-0.15, -0.1) is 11.3 Å². The number of halogens is 1. The summed E-state index contributed by atoms with van der Waals surface area (Å²) in [5.74, 6) is -0.606. The SMILES string of the molecule is COC(=O)Cc1csc(NC(=O)c2cccc(Br)c2)n1. The van der Waals surface area contributed by atoms with E-state index < -0.39 is 0 Å². The van der Waals surface area contributed by atoms with Crippen molar-refractivity contribution in [2.24, 2.45) is 0 Å². The zero-order valence-corrected chi connectivity index (χ0v) is 13.0. The highest BCUT2D eigenvalue weighted by Crippen LogP contribution is 2.18. The number of ether oxygens (including phenoxy) is 1. The lowest BCUT2D eigenvalue weighted by Crippen LogP contribution is -2.12. The molecule has 0 aliphatic heterocycles. The summed E-state index contributed by atoms with van der Waals surface area (Å²) >= 11 is 4.58. The molecule has 0 aliphatic rings. The topological polar surface area (TPSA) is 68.3 Å². The van der Waals surface area contributed by atoms with Gasteiger partial charge in [-0.3, -0.25) is 14.9 Å². The normalized spacial score (nSPS) is 10.1. The van der Waals surface area contributed by atoms with Gasteiger partial charge in [-0.2, -0.15) is 0 Å². The number of carbonyl (C=O) groups excluding carboxylic acids is 2. The molecule has 1 heterocycles. The molecule has 2 rings (SSSR count). The van der Waals surface area contributed by atoms with Gasteiger partial charge in [0.1, 0.15) is 0 Å². The Labute approximate surface area is 128 Å². The molecule has 1 amide bonds. The first kappa shape index (κ1) is 14.7. The predicted molar refractivity (Wildman–Crippen MR) is 79.9 cm³/mol. The van der Waals surface area contributed by atoms with Gasteiger partial charge in [0.25, 0.3) is 5.91 Å². The zero-order valence-electron chi connectivity index (χ0n) is 10.6. The molecular weight excluding hydrogens is 344 g/mol. The fourth-order valence-corrected chi connectivity index (χ4v) is 2.57. The Balaban J connectivity index is 2.03. The van der Waals surface area contributed by atoms with Gasteiger partial charge >= 0.3 is 5.97 Å². The van der Waals surface area contributed by atoms with Gasteiger partial charge in [-0.25, -0.2) is 4.98 Å². The number of amides is 1.